The van der Waals surface area contributed by atoms with Crippen LogP contribution in [0.25, 0.3) is 0 Å². The van der Waals surface area contributed by atoms with E-state index in [9.17, 15) is 0 Å². The lowest BCUT2D eigenvalue weighted by Gasteiger charge is -2.22. The maximum absolute atomic E-state index is 3.65. The van der Waals surface area contributed by atoms with Crippen LogP contribution in [0.4, 0.5) is 0 Å². The minimum atomic E-state index is 0.950. The van der Waals surface area contributed by atoms with Crippen molar-refractivity contribution in [1.82, 2.24) is 10.2 Å². The normalized spacial score (nSPS) is 16.7. The van der Waals surface area contributed by atoms with E-state index in [1.54, 1.807) is 0 Å². The maximum atomic E-state index is 3.65. The van der Waals surface area contributed by atoms with Crippen LogP contribution in [0.3, 0.4) is 0 Å². The summed E-state index contributed by atoms with van der Waals surface area (Å²) in [4.78, 5) is 2.41. The van der Waals surface area contributed by atoms with Gasteiger partial charge in [0.1, 0.15) is 0 Å². The predicted molar refractivity (Wildman–Crippen MR) is 86.8 cm³/mol. The van der Waals surface area contributed by atoms with E-state index in [0.717, 1.165) is 19.0 Å². The predicted octanol–water partition coefficient (Wildman–Crippen LogP) is 3.68. The molecule has 0 heterocycles. The molecule has 1 aliphatic rings. The van der Waals surface area contributed by atoms with E-state index in [4.69, 9.17) is 0 Å². The first-order valence-electron chi connectivity index (χ1n) is 8.28. The van der Waals surface area contributed by atoms with Gasteiger partial charge in [-0.1, -0.05) is 49.6 Å². The van der Waals surface area contributed by atoms with Gasteiger partial charge >= 0.3 is 0 Å². The first-order valence-corrected chi connectivity index (χ1v) is 8.28. The SMILES string of the molecule is CN(CCCNCC1CCCCC1)Cc1ccccc1. The van der Waals surface area contributed by atoms with Crippen LogP contribution in [-0.4, -0.2) is 31.6 Å². The monoisotopic (exact) mass is 274 g/mol. The van der Waals surface area contributed by atoms with Gasteiger partial charge < -0.3 is 10.2 Å². The maximum Gasteiger partial charge on any atom is 0.0230 e. The molecule has 2 heteroatoms. The summed E-state index contributed by atoms with van der Waals surface area (Å²) in [5.41, 5.74) is 1.41. The number of benzene rings is 1. The Hall–Kier alpha value is -0.860. The summed E-state index contributed by atoms with van der Waals surface area (Å²) in [6.07, 6.45) is 8.50. The molecule has 2 rings (SSSR count). The summed E-state index contributed by atoms with van der Waals surface area (Å²) >= 11 is 0. The molecule has 0 saturated heterocycles. The Balaban J connectivity index is 1.50. The largest absolute Gasteiger partial charge is 0.316 e. The zero-order valence-corrected chi connectivity index (χ0v) is 13.0. The summed E-state index contributed by atoms with van der Waals surface area (Å²) in [5, 5.41) is 3.65. The molecule has 0 atom stereocenters. The van der Waals surface area contributed by atoms with Gasteiger partial charge in [0, 0.05) is 6.54 Å². The molecule has 1 aliphatic carbocycles. The van der Waals surface area contributed by atoms with Crippen LogP contribution in [0.5, 0.6) is 0 Å². The molecule has 0 spiro atoms. The molecular weight excluding hydrogens is 244 g/mol. The highest BCUT2D eigenvalue weighted by Gasteiger charge is 2.12. The minimum absolute atomic E-state index is 0.950. The average Bonchev–Trinajstić information content (AvgIpc) is 2.49. The van der Waals surface area contributed by atoms with E-state index in [2.05, 4.69) is 47.6 Å². The van der Waals surface area contributed by atoms with Crippen molar-refractivity contribution in [3.63, 3.8) is 0 Å². The zero-order chi connectivity index (χ0) is 14.0. The molecule has 1 fully saturated rings. The van der Waals surface area contributed by atoms with Gasteiger partial charge in [0.05, 0.1) is 0 Å². The summed E-state index contributed by atoms with van der Waals surface area (Å²) in [5.74, 6) is 0.950. The van der Waals surface area contributed by atoms with Crippen LogP contribution in [0.15, 0.2) is 30.3 Å². The van der Waals surface area contributed by atoms with Crippen molar-refractivity contribution in [1.29, 1.82) is 0 Å². The van der Waals surface area contributed by atoms with Gasteiger partial charge in [0.25, 0.3) is 0 Å². The lowest BCUT2D eigenvalue weighted by Crippen LogP contribution is -2.28. The Labute approximate surface area is 124 Å². The highest BCUT2D eigenvalue weighted by atomic mass is 15.1. The molecule has 1 saturated carbocycles. The van der Waals surface area contributed by atoms with E-state index >= 15 is 0 Å². The second-order valence-corrected chi connectivity index (χ2v) is 6.29. The summed E-state index contributed by atoms with van der Waals surface area (Å²) in [6.45, 7) is 4.63. The van der Waals surface area contributed by atoms with Gasteiger partial charge in [-0.25, -0.2) is 0 Å². The van der Waals surface area contributed by atoms with Crippen LogP contribution >= 0.6 is 0 Å². The molecule has 0 aliphatic heterocycles. The zero-order valence-electron chi connectivity index (χ0n) is 13.0. The molecule has 20 heavy (non-hydrogen) atoms. The molecule has 1 N–H and O–H groups in total. The fraction of sp³-hybridized carbons (Fsp3) is 0.667. The van der Waals surface area contributed by atoms with Crippen molar-refractivity contribution < 1.29 is 0 Å². The van der Waals surface area contributed by atoms with Gasteiger partial charge in [-0.2, -0.15) is 0 Å². The fourth-order valence-electron chi connectivity index (χ4n) is 3.15. The summed E-state index contributed by atoms with van der Waals surface area (Å²) < 4.78 is 0. The van der Waals surface area contributed by atoms with E-state index in [0.29, 0.717) is 0 Å². The molecule has 1 aromatic carbocycles. The highest BCUT2D eigenvalue weighted by Crippen LogP contribution is 2.22. The quantitative estimate of drug-likeness (QED) is 0.728. The number of hydrogen-bond acceptors (Lipinski definition) is 2. The van der Waals surface area contributed by atoms with Crippen molar-refractivity contribution >= 4 is 0 Å². The highest BCUT2D eigenvalue weighted by molar-refractivity contribution is 5.14. The Bertz CT molecular complexity index is 344. The van der Waals surface area contributed by atoms with Crippen molar-refractivity contribution in [2.45, 2.75) is 45.1 Å². The van der Waals surface area contributed by atoms with Crippen molar-refractivity contribution in [2.24, 2.45) is 5.92 Å². The van der Waals surface area contributed by atoms with Gasteiger partial charge in [-0.05, 0) is 57.4 Å². The Morgan fingerprint density at radius 3 is 2.60 bits per heavy atom. The molecular formula is C18H30N2. The molecule has 0 bridgehead atoms. The van der Waals surface area contributed by atoms with Gasteiger partial charge in [-0.3, -0.25) is 0 Å². The van der Waals surface area contributed by atoms with Crippen LogP contribution < -0.4 is 5.32 Å². The molecule has 0 radical (unpaired) electrons. The Morgan fingerprint density at radius 1 is 1.10 bits per heavy atom. The van der Waals surface area contributed by atoms with Crippen LogP contribution in [0.2, 0.25) is 0 Å². The smallest absolute Gasteiger partial charge is 0.0230 e. The lowest BCUT2D eigenvalue weighted by molar-refractivity contribution is 0.309. The molecule has 1 aromatic rings. The third-order valence-corrected chi connectivity index (χ3v) is 4.35. The standard InChI is InChI=1S/C18H30N2/c1-20(16-18-11-6-3-7-12-18)14-8-13-19-15-17-9-4-2-5-10-17/h3,6-7,11-12,17,19H,2,4-5,8-10,13-16H2,1H3. The van der Waals surface area contributed by atoms with Gasteiger partial charge in [0.15, 0.2) is 0 Å². The van der Waals surface area contributed by atoms with Crippen molar-refractivity contribution in [3.05, 3.63) is 35.9 Å². The van der Waals surface area contributed by atoms with E-state index in [1.165, 1.54) is 57.2 Å². The first kappa shape index (κ1) is 15.5. The third kappa shape index (κ3) is 6.06. The summed E-state index contributed by atoms with van der Waals surface area (Å²) in [7, 11) is 2.22. The van der Waals surface area contributed by atoms with E-state index in [-0.39, 0.29) is 0 Å². The van der Waals surface area contributed by atoms with Crippen LogP contribution in [-0.2, 0) is 6.54 Å². The topological polar surface area (TPSA) is 15.3 Å². The van der Waals surface area contributed by atoms with Crippen LogP contribution in [0, 0.1) is 5.92 Å². The van der Waals surface area contributed by atoms with E-state index in [1.807, 2.05) is 0 Å². The van der Waals surface area contributed by atoms with Crippen LogP contribution in [0.1, 0.15) is 44.1 Å². The molecule has 2 nitrogen and oxygen atoms in total. The Kier molecular flexibility index (Phi) is 7.10. The molecule has 0 amide bonds. The molecule has 0 aromatic heterocycles. The third-order valence-electron chi connectivity index (χ3n) is 4.35. The molecule has 112 valence electrons. The average molecular weight is 274 g/mol. The Morgan fingerprint density at radius 2 is 1.85 bits per heavy atom. The van der Waals surface area contributed by atoms with Crippen molar-refractivity contribution in [3.8, 4) is 0 Å². The van der Waals surface area contributed by atoms with Gasteiger partial charge in [-0.15, -0.1) is 0 Å². The number of rotatable bonds is 8. The second kappa shape index (κ2) is 9.15. The fourth-order valence-corrected chi connectivity index (χ4v) is 3.15. The van der Waals surface area contributed by atoms with Gasteiger partial charge in [0.2, 0.25) is 0 Å². The number of nitrogens with one attached hydrogen (secondary N) is 1. The van der Waals surface area contributed by atoms with E-state index < -0.39 is 0 Å². The molecule has 0 unspecified atom stereocenters. The first-order chi connectivity index (χ1) is 9.84. The van der Waals surface area contributed by atoms with Crippen molar-refractivity contribution in [2.75, 3.05) is 26.7 Å². The lowest BCUT2D eigenvalue weighted by atomic mass is 9.89. The number of hydrogen-bond donors (Lipinski definition) is 1. The second-order valence-electron chi connectivity index (χ2n) is 6.29. The minimum Gasteiger partial charge on any atom is -0.316 e. The summed E-state index contributed by atoms with van der Waals surface area (Å²) in [6, 6.07) is 10.7. The number of nitrogens with zero attached hydrogens (tertiary/aromatic N) is 1.